The predicted molar refractivity (Wildman–Crippen MR) is 43.9 cm³/mol. The molecular formula is C9H17F. The molecule has 1 atom stereocenters. The van der Waals surface area contributed by atoms with Gasteiger partial charge in [0.1, 0.15) is 6.17 Å². The van der Waals surface area contributed by atoms with E-state index in [-0.39, 0.29) is 0 Å². The molecule has 0 aliphatic carbocycles. The van der Waals surface area contributed by atoms with E-state index in [1.165, 1.54) is 12.8 Å². The molecule has 0 aromatic carbocycles. The van der Waals surface area contributed by atoms with Gasteiger partial charge < -0.3 is 0 Å². The second kappa shape index (κ2) is 5.45. The van der Waals surface area contributed by atoms with Gasteiger partial charge in [0.2, 0.25) is 0 Å². The maximum Gasteiger partial charge on any atom is 0.118 e. The number of alkyl halides is 1. The topological polar surface area (TPSA) is 0 Å². The molecule has 0 saturated carbocycles. The van der Waals surface area contributed by atoms with Crippen LogP contribution in [0.4, 0.5) is 4.39 Å². The number of unbranched alkanes of at least 4 members (excludes halogenated alkanes) is 2. The quantitative estimate of drug-likeness (QED) is 0.418. The highest BCUT2D eigenvalue weighted by molar-refractivity contribution is 5.02. The van der Waals surface area contributed by atoms with E-state index >= 15 is 0 Å². The van der Waals surface area contributed by atoms with E-state index in [0.29, 0.717) is 0 Å². The van der Waals surface area contributed by atoms with E-state index in [9.17, 15) is 4.39 Å². The average molecular weight is 144 g/mol. The van der Waals surface area contributed by atoms with Gasteiger partial charge in [-0.1, -0.05) is 25.8 Å². The molecule has 0 spiro atoms. The van der Waals surface area contributed by atoms with E-state index < -0.39 is 6.17 Å². The van der Waals surface area contributed by atoms with Gasteiger partial charge in [-0.05, 0) is 25.8 Å². The number of halogens is 1. The van der Waals surface area contributed by atoms with E-state index in [2.05, 4.69) is 6.92 Å². The van der Waals surface area contributed by atoms with Crippen molar-refractivity contribution in [2.75, 3.05) is 0 Å². The van der Waals surface area contributed by atoms with Crippen molar-refractivity contribution in [1.29, 1.82) is 0 Å². The molecule has 0 aliphatic rings. The summed E-state index contributed by atoms with van der Waals surface area (Å²) in [5.74, 6) is 0. The fraction of sp³-hybridized carbons (Fsp3) is 0.778. The van der Waals surface area contributed by atoms with Crippen molar-refractivity contribution in [1.82, 2.24) is 0 Å². The van der Waals surface area contributed by atoms with Crippen LogP contribution in [0.2, 0.25) is 0 Å². The van der Waals surface area contributed by atoms with Gasteiger partial charge in [-0.3, -0.25) is 0 Å². The Bertz CT molecular complexity index is 103. The van der Waals surface area contributed by atoms with Gasteiger partial charge in [0, 0.05) is 0 Å². The number of rotatable bonds is 4. The van der Waals surface area contributed by atoms with Crippen molar-refractivity contribution in [2.24, 2.45) is 0 Å². The minimum atomic E-state index is -0.767. The normalized spacial score (nSPS) is 15.4. The Morgan fingerprint density at radius 3 is 2.60 bits per heavy atom. The molecule has 0 nitrogen and oxygen atoms in total. The lowest BCUT2D eigenvalue weighted by molar-refractivity contribution is 0.410. The highest BCUT2D eigenvalue weighted by atomic mass is 19.1. The Hall–Kier alpha value is -0.330. The molecule has 0 saturated heterocycles. The van der Waals surface area contributed by atoms with Crippen LogP contribution in [0.1, 0.15) is 40.0 Å². The van der Waals surface area contributed by atoms with Gasteiger partial charge in [-0.2, -0.15) is 0 Å². The van der Waals surface area contributed by atoms with Crippen molar-refractivity contribution in [3.63, 3.8) is 0 Å². The third kappa shape index (κ3) is 4.54. The lowest BCUT2D eigenvalue weighted by Crippen LogP contribution is -1.93. The number of hydrogen-bond donors (Lipinski definition) is 0. The molecule has 1 heteroatoms. The van der Waals surface area contributed by atoms with Crippen molar-refractivity contribution >= 4 is 0 Å². The van der Waals surface area contributed by atoms with Crippen LogP contribution in [0, 0.1) is 0 Å². The van der Waals surface area contributed by atoms with Crippen LogP contribution >= 0.6 is 0 Å². The zero-order valence-corrected chi connectivity index (χ0v) is 7.15. The fourth-order valence-corrected chi connectivity index (χ4v) is 0.696. The lowest BCUT2D eigenvalue weighted by atomic mass is 10.1. The molecular weight excluding hydrogens is 127 g/mol. The maximum absolute atomic E-state index is 12.5. The fourth-order valence-electron chi connectivity index (χ4n) is 0.696. The van der Waals surface area contributed by atoms with E-state index in [1.807, 2.05) is 13.0 Å². The van der Waals surface area contributed by atoms with Crippen LogP contribution < -0.4 is 0 Å². The molecule has 0 heterocycles. The van der Waals surface area contributed by atoms with E-state index in [0.717, 1.165) is 12.0 Å². The smallest absolute Gasteiger partial charge is 0.118 e. The Balaban J connectivity index is 3.48. The van der Waals surface area contributed by atoms with Crippen LogP contribution in [-0.4, -0.2) is 6.17 Å². The maximum atomic E-state index is 12.5. The summed E-state index contributed by atoms with van der Waals surface area (Å²) in [7, 11) is 0. The standard InChI is InChI=1S/C9H17F/c1-4-5-6-7-8(2)9(3)10/h7,9H,4-6H2,1-3H3. The molecule has 0 amide bonds. The molecule has 0 N–H and O–H groups in total. The number of allylic oxidation sites excluding steroid dienone is 2. The monoisotopic (exact) mass is 144 g/mol. The van der Waals surface area contributed by atoms with Gasteiger partial charge in [-0.25, -0.2) is 4.39 Å². The van der Waals surface area contributed by atoms with Crippen LogP contribution in [0.3, 0.4) is 0 Å². The first-order valence-corrected chi connectivity index (χ1v) is 3.99. The van der Waals surface area contributed by atoms with E-state index in [4.69, 9.17) is 0 Å². The van der Waals surface area contributed by atoms with Gasteiger partial charge >= 0.3 is 0 Å². The first-order chi connectivity index (χ1) is 4.68. The first kappa shape index (κ1) is 9.67. The molecule has 10 heavy (non-hydrogen) atoms. The predicted octanol–water partition coefficient (Wildman–Crippen LogP) is 3.48. The van der Waals surface area contributed by atoms with Gasteiger partial charge in [0.05, 0.1) is 0 Å². The Kier molecular flexibility index (Phi) is 5.27. The molecule has 0 radical (unpaired) electrons. The highest BCUT2D eigenvalue weighted by Crippen LogP contribution is 2.07. The summed E-state index contributed by atoms with van der Waals surface area (Å²) in [6.45, 7) is 5.57. The third-order valence-electron chi connectivity index (χ3n) is 1.65. The molecule has 0 aliphatic heterocycles. The van der Waals surface area contributed by atoms with Crippen molar-refractivity contribution in [3.05, 3.63) is 11.6 Å². The van der Waals surface area contributed by atoms with Crippen molar-refractivity contribution in [2.45, 2.75) is 46.2 Å². The molecule has 0 aromatic heterocycles. The Morgan fingerprint density at radius 1 is 1.60 bits per heavy atom. The second-order valence-corrected chi connectivity index (χ2v) is 2.71. The van der Waals surface area contributed by atoms with Crippen molar-refractivity contribution < 1.29 is 4.39 Å². The van der Waals surface area contributed by atoms with E-state index in [1.54, 1.807) is 6.92 Å². The zero-order chi connectivity index (χ0) is 7.98. The summed E-state index contributed by atoms with van der Waals surface area (Å²) < 4.78 is 12.5. The summed E-state index contributed by atoms with van der Waals surface area (Å²) in [5.41, 5.74) is 0.869. The van der Waals surface area contributed by atoms with Gasteiger partial charge in [-0.15, -0.1) is 0 Å². The largest absolute Gasteiger partial charge is 0.243 e. The first-order valence-electron chi connectivity index (χ1n) is 3.99. The molecule has 0 bridgehead atoms. The molecule has 60 valence electrons. The third-order valence-corrected chi connectivity index (χ3v) is 1.65. The summed E-state index contributed by atoms with van der Waals surface area (Å²) >= 11 is 0. The summed E-state index contributed by atoms with van der Waals surface area (Å²) in [4.78, 5) is 0. The average Bonchev–Trinajstić information content (AvgIpc) is 1.88. The van der Waals surface area contributed by atoms with Crippen LogP contribution in [-0.2, 0) is 0 Å². The van der Waals surface area contributed by atoms with Gasteiger partial charge in [0.25, 0.3) is 0 Å². The minimum Gasteiger partial charge on any atom is -0.243 e. The lowest BCUT2D eigenvalue weighted by Gasteiger charge is -2.00. The SMILES string of the molecule is CCCCC=C(C)C(C)F. The van der Waals surface area contributed by atoms with Crippen molar-refractivity contribution in [3.8, 4) is 0 Å². The molecule has 0 aromatic rings. The van der Waals surface area contributed by atoms with Crippen LogP contribution in [0.25, 0.3) is 0 Å². The van der Waals surface area contributed by atoms with Gasteiger partial charge in [0.15, 0.2) is 0 Å². The summed E-state index contributed by atoms with van der Waals surface area (Å²) in [5, 5.41) is 0. The second-order valence-electron chi connectivity index (χ2n) is 2.71. The molecule has 0 rings (SSSR count). The minimum absolute atomic E-state index is 0.767. The number of hydrogen-bond acceptors (Lipinski definition) is 0. The van der Waals surface area contributed by atoms with Crippen LogP contribution in [0.15, 0.2) is 11.6 Å². The Labute approximate surface area is 63.1 Å². The van der Waals surface area contributed by atoms with Crippen LogP contribution in [0.5, 0.6) is 0 Å². The highest BCUT2D eigenvalue weighted by Gasteiger charge is 1.97. The molecule has 1 unspecified atom stereocenters. The zero-order valence-electron chi connectivity index (χ0n) is 7.15. The summed E-state index contributed by atoms with van der Waals surface area (Å²) in [6.07, 6.45) is 4.61. The Morgan fingerprint density at radius 2 is 2.20 bits per heavy atom. The molecule has 0 fully saturated rings. The summed E-state index contributed by atoms with van der Waals surface area (Å²) in [6, 6.07) is 0.